The highest BCUT2D eigenvalue weighted by Crippen LogP contribution is 2.17. The van der Waals surface area contributed by atoms with E-state index in [9.17, 15) is 14.0 Å². The number of nitrogens with zero attached hydrogens (tertiary/aromatic N) is 5. The lowest BCUT2D eigenvalue weighted by atomic mass is 10.2. The van der Waals surface area contributed by atoms with Crippen molar-refractivity contribution in [2.45, 2.75) is 13.0 Å². The Bertz CT molecular complexity index is 881. The first-order valence-electron chi connectivity index (χ1n) is 10.8. The van der Waals surface area contributed by atoms with Crippen LogP contribution in [0.5, 0.6) is 0 Å². The van der Waals surface area contributed by atoms with Crippen LogP contribution in [-0.4, -0.2) is 83.9 Å². The average molecular weight is 535 g/mol. The van der Waals surface area contributed by atoms with Gasteiger partial charge in [-0.2, -0.15) is 0 Å². The largest absolute Gasteiger partial charge is 0.369 e. The fraction of sp³-hybridized carbons (Fsp3) is 0.435. The highest BCUT2D eigenvalue weighted by atomic mass is 35.5. The van der Waals surface area contributed by atoms with Gasteiger partial charge in [-0.3, -0.25) is 29.3 Å². The van der Waals surface area contributed by atoms with E-state index in [-0.39, 0.29) is 67.9 Å². The van der Waals surface area contributed by atoms with Gasteiger partial charge < -0.3 is 4.90 Å². The summed E-state index contributed by atoms with van der Waals surface area (Å²) in [4.78, 5) is 37.1. The van der Waals surface area contributed by atoms with Crippen LogP contribution in [0.15, 0.2) is 48.7 Å². The van der Waals surface area contributed by atoms with Gasteiger partial charge >= 0.3 is 0 Å². The molecule has 34 heavy (non-hydrogen) atoms. The lowest BCUT2D eigenvalue weighted by Gasteiger charge is -2.37. The summed E-state index contributed by atoms with van der Waals surface area (Å²) in [5.41, 5.74) is 1.90. The van der Waals surface area contributed by atoms with Gasteiger partial charge in [0.25, 0.3) is 0 Å². The molecule has 0 N–H and O–H groups in total. The molecule has 2 aromatic rings. The van der Waals surface area contributed by atoms with Crippen LogP contribution >= 0.6 is 37.2 Å². The summed E-state index contributed by atoms with van der Waals surface area (Å²) < 4.78 is 13.1. The number of hydrogen-bond acceptors (Lipinski definition) is 6. The first kappa shape index (κ1) is 30.1. The van der Waals surface area contributed by atoms with E-state index in [1.807, 2.05) is 35.2 Å². The van der Waals surface area contributed by atoms with Gasteiger partial charge in [-0.25, -0.2) is 4.39 Å². The maximum absolute atomic E-state index is 13.1. The quantitative estimate of drug-likeness (QED) is 0.509. The molecular weight excluding hydrogens is 504 g/mol. The summed E-state index contributed by atoms with van der Waals surface area (Å²) in [5, 5.41) is 0. The van der Waals surface area contributed by atoms with Crippen LogP contribution < -0.4 is 4.90 Å². The SMILES string of the molecule is Cl.Cl.Cl.O=C1CN(Cc2ccccn2)CC(=O)N1CCCN1CCN(c2ccc(F)cc2)CC1. The van der Waals surface area contributed by atoms with E-state index in [4.69, 9.17) is 0 Å². The van der Waals surface area contributed by atoms with Crippen molar-refractivity contribution < 1.29 is 14.0 Å². The second kappa shape index (κ2) is 14.4. The Kier molecular flexibility index (Phi) is 12.8. The number of imide groups is 1. The van der Waals surface area contributed by atoms with Crippen LogP contribution in [0.4, 0.5) is 10.1 Å². The Hall–Kier alpha value is -1.97. The molecule has 0 radical (unpaired) electrons. The van der Waals surface area contributed by atoms with Crippen LogP contribution in [0.3, 0.4) is 0 Å². The van der Waals surface area contributed by atoms with Gasteiger partial charge in [0.2, 0.25) is 11.8 Å². The highest BCUT2D eigenvalue weighted by molar-refractivity contribution is 5.99. The molecule has 0 aliphatic carbocycles. The highest BCUT2D eigenvalue weighted by Gasteiger charge is 2.30. The van der Waals surface area contributed by atoms with Gasteiger partial charge in [-0.05, 0) is 49.4 Å². The molecule has 1 aromatic carbocycles. The van der Waals surface area contributed by atoms with E-state index in [2.05, 4.69) is 14.8 Å². The van der Waals surface area contributed by atoms with Crippen LogP contribution in [0, 0.1) is 5.82 Å². The summed E-state index contributed by atoms with van der Waals surface area (Å²) in [6, 6.07) is 12.3. The topological polar surface area (TPSA) is 60.0 Å². The van der Waals surface area contributed by atoms with Crippen molar-refractivity contribution in [2.24, 2.45) is 0 Å². The minimum atomic E-state index is -0.218. The van der Waals surface area contributed by atoms with Crippen molar-refractivity contribution in [1.82, 2.24) is 19.7 Å². The molecule has 2 aliphatic rings. The van der Waals surface area contributed by atoms with Gasteiger partial charge in [0.1, 0.15) is 5.82 Å². The Morgan fingerprint density at radius 3 is 2.03 bits per heavy atom. The van der Waals surface area contributed by atoms with Gasteiger partial charge in [0.05, 0.1) is 18.8 Å². The fourth-order valence-corrected chi connectivity index (χ4v) is 4.16. The predicted molar refractivity (Wildman–Crippen MR) is 138 cm³/mol. The molecule has 0 atom stereocenters. The number of pyridine rings is 1. The molecule has 4 rings (SSSR count). The number of rotatable bonds is 7. The van der Waals surface area contributed by atoms with Crippen molar-refractivity contribution in [1.29, 1.82) is 0 Å². The minimum absolute atomic E-state index is 0. The van der Waals surface area contributed by atoms with Crippen LogP contribution in [0.2, 0.25) is 0 Å². The van der Waals surface area contributed by atoms with E-state index in [0.717, 1.165) is 50.5 Å². The van der Waals surface area contributed by atoms with Crippen molar-refractivity contribution in [3.8, 4) is 0 Å². The Labute approximate surface area is 218 Å². The smallest absolute Gasteiger partial charge is 0.243 e. The molecular formula is C23H31Cl3FN5O2. The number of aromatic nitrogens is 1. The van der Waals surface area contributed by atoms with E-state index in [1.54, 1.807) is 6.20 Å². The van der Waals surface area contributed by atoms with Crippen molar-refractivity contribution >= 4 is 54.7 Å². The first-order chi connectivity index (χ1) is 15.1. The van der Waals surface area contributed by atoms with Crippen LogP contribution in [0.25, 0.3) is 0 Å². The van der Waals surface area contributed by atoms with E-state index >= 15 is 0 Å². The molecule has 0 bridgehead atoms. The molecule has 2 fully saturated rings. The molecule has 7 nitrogen and oxygen atoms in total. The predicted octanol–water partition coefficient (Wildman–Crippen LogP) is 2.87. The number of anilines is 1. The number of carbonyl (C=O) groups is 2. The third-order valence-electron chi connectivity index (χ3n) is 5.85. The van der Waals surface area contributed by atoms with E-state index in [0.29, 0.717) is 13.1 Å². The van der Waals surface area contributed by atoms with Crippen LogP contribution in [0.1, 0.15) is 12.1 Å². The summed E-state index contributed by atoms with van der Waals surface area (Å²) in [6.45, 7) is 5.92. The number of benzene rings is 1. The van der Waals surface area contributed by atoms with Gasteiger partial charge in [0, 0.05) is 51.2 Å². The Morgan fingerprint density at radius 1 is 0.794 bits per heavy atom. The summed E-state index contributed by atoms with van der Waals surface area (Å²) >= 11 is 0. The molecule has 2 amide bonds. The second-order valence-electron chi connectivity index (χ2n) is 8.06. The number of piperazine rings is 2. The number of carbonyl (C=O) groups excluding carboxylic acids is 2. The number of hydrogen-bond donors (Lipinski definition) is 0. The molecule has 0 saturated carbocycles. The van der Waals surface area contributed by atoms with Gasteiger partial charge in [0.15, 0.2) is 0 Å². The molecule has 2 saturated heterocycles. The van der Waals surface area contributed by atoms with Crippen molar-refractivity contribution in [2.75, 3.05) is 57.3 Å². The maximum atomic E-state index is 13.1. The van der Waals surface area contributed by atoms with Gasteiger partial charge in [-0.15, -0.1) is 37.2 Å². The second-order valence-corrected chi connectivity index (χ2v) is 8.06. The van der Waals surface area contributed by atoms with Crippen LogP contribution in [-0.2, 0) is 16.1 Å². The Morgan fingerprint density at radius 2 is 1.44 bits per heavy atom. The van der Waals surface area contributed by atoms with Crippen molar-refractivity contribution in [3.05, 3.63) is 60.2 Å². The van der Waals surface area contributed by atoms with E-state index < -0.39 is 0 Å². The number of halogens is 4. The minimum Gasteiger partial charge on any atom is -0.369 e. The lowest BCUT2D eigenvalue weighted by molar-refractivity contribution is -0.151. The number of amides is 2. The lowest BCUT2D eigenvalue weighted by Crippen LogP contribution is -2.54. The van der Waals surface area contributed by atoms with Crippen molar-refractivity contribution in [3.63, 3.8) is 0 Å². The molecule has 0 unspecified atom stereocenters. The summed E-state index contributed by atoms with van der Waals surface area (Å²) in [6.07, 6.45) is 2.49. The normalized spacial score (nSPS) is 17.0. The zero-order valence-electron chi connectivity index (χ0n) is 18.8. The fourth-order valence-electron chi connectivity index (χ4n) is 4.16. The standard InChI is InChI=1S/C23H28FN5O2.3ClH/c24-19-5-7-21(8-6-19)28-14-12-26(13-15-28)10-3-11-29-22(30)17-27(18-23(29)31)16-20-4-1-2-9-25-20;;;/h1-2,4-9H,3,10-18H2;3*1H. The molecule has 3 heterocycles. The third kappa shape index (κ3) is 8.06. The zero-order valence-corrected chi connectivity index (χ0v) is 21.3. The molecule has 11 heteroatoms. The third-order valence-corrected chi connectivity index (χ3v) is 5.85. The average Bonchev–Trinajstić information content (AvgIpc) is 2.77. The molecule has 0 spiro atoms. The Balaban J connectivity index is 0.00000193. The summed E-state index contributed by atoms with van der Waals surface area (Å²) in [5.74, 6) is -0.481. The molecule has 1 aromatic heterocycles. The monoisotopic (exact) mass is 533 g/mol. The maximum Gasteiger partial charge on any atom is 0.243 e. The molecule has 2 aliphatic heterocycles. The zero-order chi connectivity index (χ0) is 21.6. The summed E-state index contributed by atoms with van der Waals surface area (Å²) in [7, 11) is 0. The van der Waals surface area contributed by atoms with E-state index in [1.165, 1.54) is 17.0 Å². The van der Waals surface area contributed by atoms with Gasteiger partial charge in [-0.1, -0.05) is 6.07 Å². The first-order valence-corrected chi connectivity index (χ1v) is 10.8. The molecule has 188 valence electrons.